The van der Waals surface area contributed by atoms with Crippen molar-refractivity contribution in [3.8, 4) is 0 Å². The van der Waals surface area contributed by atoms with Crippen LogP contribution in [0.2, 0.25) is 0 Å². The lowest BCUT2D eigenvalue weighted by molar-refractivity contribution is -0.152. The summed E-state index contributed by atoms with van der Waals surface area (Å²) in [5.74, 6) is 0. The highest BCUT2D eigenvalue weighted by Gasteiger charge is 2.50. The molecular formula is C10H10ClF3N2. The van der Waals surface area contributed by atoms with Crippen molar-refractivity contribution in [3.05, 3.63) is 35.9 Å². The lowest BCUT2D eigenvalue weighted by atomic mass is 10.0. The van der Waals surface area contributed by atoms with Crippen LogP contribution in [-0.2, 0) is 0 Å². The van der Waals surface area contributed by atoms with E-state index in [1.807, 2.05) is 0 Å². The zero-order valence-corrected chi connectivity index (χ0v) is 8.89. The molecule has 1 heterocycles. The Balaban J connectivity index is 2.17. The van der Waals surface area contributed by atoms with Gasteiger partial charge in [0.2, 0.25) is 0 Å². The molecule has 2 rings (SSSR count). The van der Waals surface area contributed by atoms with Crippen LogP contribution in [0.25, 0.3) is 0 Å². The van der Waals surface area contributed by atoms with E-state index in [9.17, 15) is 13.2 Å². The third kappa shape index (κ3) is 2.16. The van der Waals surface area contributed by atoms with Crippen LogP contribution in [0.3, 0.4) is 0 Å². The number of nitrogens with one attached hydrogen (secondary N) is 2. The van der Waals surface area contributed by atoms with E-state index >= 15 is 0 Å². The molecule has 3 unspecified atom stereocenters. The fourth-order valence-corrected chi connectivity index (χ4v) is 2.14. The highest BCUT2D eigenvalue weighted by atomic mass is 35.5. The fourth-order valence-electron chi connectivity index (χ4n) is 1.72. The van der Waals surface area contributed by atoms with Crippen LogP contribution in [0.15, 0.2) is 30.3 Å². The summed E-state index contributed by atoms with van der Waals surface area (Å²) in [4.78, 5) is 0. The van der Waals surface area contributed by atoms with Crippen molar-refractivity contribution in [2.45, 2.75) is 23.6 Å². The third-order valence-electron chi connectivity index (χ3n) is 2.54. The first-order valence-electron chi connectivity index (χ1n) is 4.77. The molecule has 1 saturated heterocycles. The number of rotatable bonds is 1. The lowest BCUT2D eigenvalue weighted by Gasteiger charge is -2.19. The maximum Gasteiger partial charge on any atom is 0.406 e. The largest absolute Gasteiger partial charge is 0.406 e. The van der Waals surface area contributed by atoms with Crippen LogP contribution >= 0.6 is 11.6 Å². The Hall–Kier alpha value is -0.780. The Bertz CT molecular complexity index is 355. The van der Waals surface area contributed by atoms with Gasteiger partial charge in [0.15, 0.2) is 0 Å². The van der Waals surface area contributed by atoms with Gasteiger partial charge in [-0.25, -0.2) is 10.9 Å². The summed E-state index contributed by atoms with van der Waals surface area (Å²) in [5.41, 5.74) is 5.50. The number of hydrogen-bond acceptors (Lipinski definition) is 2. The van der Waals surface area contributed by atoms with Gasteiger partial charge in [0.25, 0.3) is 0 Å². The molecule has 0 aliphatic carbocycles. The van der Waals surface area contributed by atoms with Crippen molar-refractivity contribution < 1.29 is 13.2 Å². The lowest BCUT2D eigenvalue weighted by Crippen LogP contribution is -2.44. The summed E-state index contributed by atoms with van der Waals surface area (Å²) in [6.07, 6.45) is -4.34. The molecule has 1 aliphatic rings. The molecule has 1 aliphatic heterocycles. The van der Waals surface area contributed by atoms with Gasteiger partial charge in [-0.3, -0.25) is 0 Å². The van der Waals surface area contributed by atoms with E-state index in [4.69, 9.17) is 11.6 Å². The van der Waals surface area contributed by atoms with Gasteiger partial charge in [-0.05, 0) is 5.56 Å². The Morgan fingerprint density at radius 3 is 2.19 bits per heavy atom. The Kier molecular flexibility index (Phi) is 3.10. The molecule has 0 radical (unpaired) electrons. The summed E-state index contributed by atoms with van der Waals surface area (Å²) in [6.45, 7) is 0. The highest BCUT2D eigenvalue weighted by Crippen LogP contribution is 2.35. The van der Waals surface area contributed by atoms with Gasteiger partial charge in [-0.15, -0.1) is 11.6 Å². The summed E-state index contributed by atoms with van der Waals surface area (Å²) in [5, 5.41) is -1.05. The molecule has 2 nitrogen and oxygen atoms in total. The Labute approximate surface area is 95.8 Å². The minimum atomic E-state index is -4.34. The van der Waals surface area contributed by atoms with Gasteiger partial charge in [0, 0.05) is 0 Å². The fraction of sp³-hybridized carbons (Fsp3) is 0.400. The average Bonchev–Trinajstić information content (AvgIpc) is 2.61. The molecule has 88 valence electrons. The van der Waals surface area contributed by atoms with Gasteiger partial charge in [-0.2, -0.15) is 13.2 Å². The predicted octanol–water partition coefficient (Wildman–Crippen LogP) is 2.37. The van der Waals surface area contributed by atoms with E-state index in [0.29, 0.717) is 0 Å². The van der Waals surface area contributed by atoms with E-state index in [-0.39, 0.29) is 0 Å². The van der Waals surface area contributed by atoms with Gasteiger partial charge in [-0.1, -0.05) is 30.3 Å². The molecule has 0 spiro atoms. The van der Waals surface area contributed by atoms with E-state index in [1.165, 1.54) is 0 Å². The minimum absolute atomic E-state index is 0.533. The Morgan fingerprint density at radius 1 is 1.06 bits per heavy atom. The zero-order chi connectivity index (χ0) is 11.8. The van der Waals surface area contributed by atoms with E-state index < -0.39 is 23.6 Å². The summed E-state index contributed by atoms with van der Waals surface area (Å²) in [7, 11) is 0. The van der Waals surface area contributed by atoms with Crippen molar-refractivity contribution in [1.29, 1.82) is 0 Å². The minimum Gasteiger partial charge on any atom is -0.248 e. The summed E-state index contributed by atoms with van der Waals surface area (Å²) in [6, 6.07) is 6.56. The Morgan fingerprint density at radius 2 is 1.69 bits per heavy atom. The summed E-state index contributed by atoms with van der Waals surface area (Å²) >= 11 is 5.82. The monoisotopic (exact) mass is 250 g/mol. The van der Waals surface area contributed by atoms with Crippen LogP contribution in [0.4, 0.5) is 13.2 Å². The molecule has 6 heteroatoms. The maximum atomic E-state index is 12.5. The normalized spacial score (nSPS) is 30.6. The predicted molar refractivity (Wildman–Crippen MR) is 54.9 cm³/mol. The zero-order valence-electron chi connectivity index (χ0n) is 8.13. The third-order valence-corrected chi connectivity index (χ3v) is 3.05. The van der Waals surface area contributed by atoms with Gasteiger partial charge in [0.05, 0.1) is 11.4 Å². The number of halogens is 4. The maximum absolute atomic E-state index is 12.5. The van der Waals surface area contributed by atoms with Crippen molar-refractivity contribution in [2.24, 2.45) is 0 Å². The van der Waals surface area contributed by atoms with Crippen molar-refractivity contribution in [3.63, 3.8) is 0 Å². The second kappa shape index (κ2) is 4.24. The quantitative estimate of drug-likeness (QED) is 0.748. The molecule has 1 fully saturated rings. The first-order chi connectivity index (χ1) is 7.50. The first-order valence-corrected chi connectivity index (χ1v) is 5.20. The molecule has 16 heavy (non-hydrogen) atoms. The van der Waals surface area contributed by atoms with Crippen LogP contribution in [-0.4, -0.2) is 17.6 Å². The van der Waals surface area contributed by atoms with Gasteiger partial charge in [0.1, 0.15) is 6.04 Å². The van der Waals surface area contributed by atoms with E-state index in [0.717, 1.165) is 5.56 Å². The van der Waals surface area contributed by atoms with Crippen LogP contribution in [0.1, 0.15) is 11.6 Å². The van der Waals surface area contributed by atoms with Crippen molar-refractivity contribution in [2.75, 3.05) is 0 Å². The molecule has 1 aromatic rings. The van der Waals surface area contributed by atoms with Crippen LogP contribution in [0, 0.1) is 0 Å². The van der Waals surface area contributed by atoms with Gasteiger partial charge >= 0.3 is 6.18 Å². The topological polar surface area (TPSA) is 24.1 Å². The smallest absolute Gasteiger partial charge is 0.248 e. The molecule has 0 amide bonds. The highest BCUT2D eigenvalue weighted by molar-refractivity contribution is 6.21. The number of hydrogen-bond donors (Lipinski definition) is 2. The second-order valence-corrected chi connectivity index (χ2v) is 4.14. The first kappa shape index (κ1) is 11.7. The molecule has 1 aromatic carbocycles. The van der Waals surface area contributed by atoms with Gasteiger partial charge < -0.3 is 0 Å². The molecular weight excluding hydrogens is 241 g/mol. The standard InChI is InChI=1S/C10H10ClF3N2/c11-7-8(6-4-2-1-3-5-6)15-16-9(7)10(12,13)14/h1-5,7-9,15-16H. The number of alkyl halides is 4. The molecule has 3 atom stereocenters. The second-order valence-electron chi connectivity index (χ2n) is 3.64. The number of hydrazine groups is 1. The summed E-state index contributed by atoms with van der Waals surface area (Å²) < 4.78 is 37.5. The molecule has 0 saturated carbocycles. The van der Waals surface area contributed by atoms with E-state index in [2.05, 4.69) is 10.9 Å². The van der Waals surface area contributed by atoms with Crippen LogP contribution in [0.5, 0.6) is 0 Å². The van der Waals surface area contributed by atoms with E-state index in [1.54, 1.807) is 30.3 Å². The van der Waals surface area contributed by atoms with Crippen LogP contribution < -0.4 is 10.9 Å². The van der Waals surface area contributed by atoms with Crippen molar-refractivity contribution in [1.82, 2.24) is 10.9 Å². The average molecular weight is 251 g/mol. The number of benzene rings is 1. The van der Waals surface area contributed by atoms with Crippen molar-refractivity contribution >= 4 is 11.6 Å². The molecule has 0 aromatic heterocycles. The SMILES string of the molecule is FC(F)(F)C1NNC(c2ccccc2)C1Cl. The molecule has 0 bridgehead atoms. The molecule has 2 N–H and O–H groups in total.